The molecule has 0 spiro atoms. The summed E-state index contributed by atoms with van der Waals surface area (Å²) in [6.45, 7) is 4.52. The number of ether oxygens (including phenoxy) is 1. The molecule has 0 saturated carbocycles. The van der Waals surface area contributed by atoms with Crippen molar-refractivity contribution < 1.29 is 13.9 Å². The minimum atomic E-state index is -0.412. The molecule has 0 aromatic heterocycles. The number of amides is 1. The van der Waals surface area contributed by atoms with Gasteiger partial charge in [-0.3, -0.25) is 4.79 Å². The van der Waals surface area contributed by atoms with Crippen LogP contribution in [0, 0.1) is 11.7 Å². The van der Waals surface area contributed by atoms with Crippen molar-refractivity contribution in [2.75, 3.05) is 13.2 Å². The molecule has 1 aromatic carbocycles. The lowest BCUT2D eigenvalue weighted by molar-refractivity contribution is -0.123. The molecular formula is C12H15BrFNO2. The lowest BCUT2D eigenvalue weighted by Crippen LogP contribution is -2.31. The maximum atomic E-state index is 13.1. The Balaban J connectivity index is 2.39. The molecule has 1 N–H and O–H groups in total. The molecule has 0 heterocycles. The van der Waals surface area contributed by atoms with Gasteiger partial charge in [0, 0.05) is 12.6 Å². The van der Waals surface area contributed by atoms with Crippen LogP contribution in [0.1, 0.15) is 13.8 Å². The summed E-state index contributed by atoms with van der Waals surface area (Å²) in [5.74, 6) is 0.113. The van der Waals surface area contributed by atoms with E-state index in [0.717, 1.165) is 0 Å². The Labute approximate surface area is 108 Å². The maximum Gasteiger partial charge on any atom is 0.257 e. The minimum absolute atomic E-state index is 0.103. The Morgan fingerprint density at radius 1 is 1.53 bits per heavy atom. The minimum Gasteiger partial charge on any atom is -0.484 e. The second-order valence-electron chi connectivity index (χ2n) is 4.06. The topological polar surface area (TPSA) is 38.3 Å². The summed E-state index contributed by atoms with van der Waals surface area (Å²) >= 11 is 3.04. The van der Waals surface area contributed by atoms with Crippen molar-refractivity contribution in [3.05, 3.63) is 28.5 Å². The highest BCUT2D eigenvalue weighted by Gasteiger charge is 2.05. The third kappa shape index (κ3) is 5.17. The predicted octanol–water partition coefficient (Wildman–Crippen LogP) is 2.74. The Morgan fingerprint density at radius 3 is 2.82 bits per heavy atom. The number of carbonyl (C=O) groups excluding carboxylic acids is 1. The second kappa shape index (κ2) is 6.59. The summed E-state index contributed by atoms with van der Waals surface area (Å²) in [6, 6.07) is 4.37. The normalized spacial score (nSPS) is 10.4. The van der Waals surface area contributed by atoms with Crippen molar-refractivity contribution in [3.8, 4) is 5.75 Å². The summed E-state index contributed by atoms with van der Waals surface area (Å²) in [5, 5.41) is 2.71. The van der Waals surface area contributed by atoms with Gasteiger partial charge in [0.1, 0.15) is 11.6 Å². The van der Waals surface area contributed by atoms with Gasteiger partial charge in [-0.05, 0) is 34.0 Å². The first-order valence-corrected chi connectivity index (χ1v) is 6.13. The first-order valence-electron chi connectivity index (χ1n) is 5.33. The number of benzene rings is 1. The van der Waals surface area contributed by atoms with E-state index in [1.165, 1.54) is 12.1 Å². The number of hydrogen-bond acceptors (Lipinski definition) is 2. The molecular weight excluding hydrogens is 289 g/mol. The van der Waals surface area contributed by atoms with E-state index < -0.39 is 5.82 Å². The number of nitrogens with one attached hydrogen (secondary N) is 1. The fourth-order valence-corrected chi connectivity index (χ4v) is 1.33. The van der Waals surface area contributed by atoms with Gasteiger partial charge in [0.05, 0.1) is 4.47 Å². The van der Waals surface area contributed by atoms with Gasteiger partial charge in [0.15, 0.2) is 6.61 Å². The third-order valence-corrected chi connectivity index (χ3v) is 2.61. The van der Waals surface area contributed by atoms with E-state index in [9.17, 15) is 9.18 Å². The molecule has 0 atom stereocenters. The van der Waals surface area contributed by atoms with Crippen LogP contribution in [0.2, 0.25) is 0 Å². The van der Waals surface area contributed by atoms with Gasteiger partial charge in [-0.1, -0.05) is 13.8 Å². The number of hydrogen-bond donors (Lipinski definition) is 1. The molecule has 0 bridgehead atoms. The Morgan fingerprint density at radius 2 is 2.24 bits per heavy atom. The highest BCUT2D eigenvalue weighted by molar-refractivity contribution is 9.10. The second-order valence-corrected chi connectivity index (χ2v) is 4.92. The zero-order chi connectivity index (χ0) is 12.8. The van der Waals surface area contributed by atoms with Crippen LogP contribution in [0.4, 0.5) is 4.39 Å². The van der Waals surface area contributed by atoms with Crippen molar-refractivity contribution in [2.45, 2.75) is 13.8 Å². The largest absolute Gasteiger partial charge is 0.484 e. The van der Waals surface area contributed by atoms with Crippen molar-refractivity contribution in [2.24, 2.45) is 5.92 Å². The molecule has 5 heteroatoms. The van der Waals surface area contributed by atoms with Gasteiger partial charge in [0.2, 0.25) is 0 Å². The van der Waals surface area contributed by atoms with Gasteiger partial charge in [-0.2, -0.15) is 0 Å². The summed E-state index contributed by atoms with van der Waals surface area (Å²) in [7, 11) is 0. The summed E-state index contributed by atoms with van der Waals surface area (Å²) in [4.78, 5) is 11.3. The average molecular weight is 304 g/mol. The standard InChI is InChI=1S/C12H15BrFNO2/c1-8(2)6-15-12(16)7-17-9-3-4-10(13)11(14)5-9/h3-5,8H,6-7H2,1-2H3,(H,15,16). The zero-order valence-corrected chi connectivity index (χ0v) is 11.4. The highest BCUT2D eigenvalue weighted by Crippen LogP contribution is 2.20. The van der Waals surface area contributed by atoms with Crippen LogP contribution < -0.4 is 10.1 Å². The van der Waals surface area contributed by atoms with Gasteiger partial charge in [0.25, 0.3) is 5.91 Å². The van der Waals surface area contributed by atoms with E-state index in [0.29, 0.717) is 22.7 Å². The van der Waals surface area contributed by atoms with E-state index >= 15 is 0 Å². The van der Waals surface area contributed by atoms with Gasteiger partial charge in [-0.25, -0.2) is 4.39 Å². The van der Waals surface area contributed by atoms with Crippen LogP contribution in [0.3, 0.4) is 0 Å². The Hall–Kier alpha value is -1.10. The lowest BCUT2D eigenvalue weighted by Gasteiger charge is -2.09. The molecule has 0 saturated heterocycles. The number of halogens is 2. The number of rotatable bonds is 5. The molecule has 0 unspecified atom stereocenters. The molecule has 0 aliphatic heterocycles. The van der Waals surface area contributed by atoms with Gasteiger partial charge < -0.3 is 10.1 Å². The van der Waals surface area contributed by atoms with Crippen molar-refractivity contribution in [1.29, 1.82) is 0 Å². The predicted molar refractivity (Wildman–Crippen MR) is 67.4 cm³/mol. The summed E-state index contributed by atoms with van der Waals surface area (Å²) < 4.78 is 18.7. The van der Waals surface area contributed by atoms with Gasteiger partial charge in [-0.15, -0.1) is 0 Å². The van der Waals surface area contributed by atoms with E-state index in [2.05, 4.69) is 21.2 Å². The van der Waals surface area contributed by atoms with Crippen molar-refractivity contribution in [3.63, 3.8) is 0 Å². The SMILES string of the molecule is CC(C)CNC(=O)COc1ccc(Br)c(F)c1. The van der Waals surface area contributed by atoms with Crippen LogP contribution in [0.5, 0.6) is 5.75 Å². The van der Waals surface area contributed by atoms with Crippen molar-refractivity contribution in [1.82, 2.24) is 5.32 Å². The van der Waals surface area contributed by atoms with E-state index in [4.69, 9.17) is 4.74 Å². The summed E-state index contributed by atoms with van der Waals surface area (Å²) in [6.07, 6.45) is 0. The van der Waals surface area contributed by atoms with E-state index in [-0.39, 0.29) is 12.5 Å². The molecule has 0 fully saturated rings. The fourth-order valence-electron chi connectivity index (χ4n) is 1.08. The van der Waals surface area contributed by atoms with E-state index in [1.807, 2.05) is 13.8 Å². The molecule has 0 aliphatic rings. The molecule has 17 heavy (non-hydrogen) atoms. The maximum absolute atomic E-state index is 13.1. The molecule has 0 radical (unpaired) electrons. The summed E-state index contributed by atoms with van der Waals surface area (Å²) in [5.41, 5.74) is 0. The Bertz CT molecular complexity index is 396. The quantitative estimate of drug-likeness (QED) is 0.908. The van der Waals surface area contributed by atoms with Crippen LogP contribution in [0.15, 0.2) is 22.7 Å². The van der Waals surface area contributed by atoms with Crippen LogP contribution >= 0.6 is 15.9 Å². The monoisotopic (exact) mass is 303 g/mol. The van der Waals surface area contributed by atoms with Crippen LogP contribution in [-0.2, 0) is 4.79 Å². The van der Waals surface area contributed by atoms with Gasteiger partial charge >= 0.3 is 0 Å². The fraction of sp³-hybridized carbons (Fsp3) is 0.417. The van der Waals surface area contributed by atoms with Crippen LogP contribution in [-0.4, -0.2) is 19.1 Å². The average Bonchev–Trinajstić information content (AvgIpc) is 2.28. The molecule has 1 aromatic rings. The smallest absolute Gasteiger partial charge is 0.257 e. The molecule has 1 amide bonds. The first-order chi connectivity index (χ1) is 7.99. The zero-order valence-electron chi connectivity index (χ0n) is 9.80. The first kappa shape index (κ1) is 14.0. The van der Waals surface area contributed by atoms with Crippen LogP contribution in [0.25, 0.3) is 0 Å². The third-order valence-electron chi connectivity index (χ3n) is 1.97. The lowest BCUT2D eigenvalue weighted by atomic mass is 10.2. The number of carbonyl (C=O) groups is 1. The Kier molecular flexibility index (Phi) is 5.41. The molecule has 0 aliphatic carbocycles. The molecule has 3 nitrogen and oxygen atoms in total. The highest BCUT2D eigenvalue weighted by atomic mass is 79.9. The van der Waals surface area contributed by atoms with Crippen molar-refractivity contribution >= 4 is 21.8 Å². The molecule has 94 valence electrons. The van der Waals surface area contributed by atoms with E-state index in [1.54, 1.807) is 6.07 Å². The molecule has 1 rings (SSSR count).